The number of carbonyl (C=O) groups excluding carboxylic acids is 2. The highest BCUT2D eigenvalue weighted by Crippen LogP contribution is 2.29. The summed E-state index contributed by atoms with van der Waals surface area (Å²) in [7, 11) is 0. The molecule has 1 unspecified atom stereocenters. The zero-order valence-corrected chi connectivity index (χ0v) is 14.1. The van der Waals surface area contributed by atoms with Gasteiger partial charge in [0.25, 0.3) is 0 Å². The van der Waals surface area contributed by atoms with Crippen LogP contribution in [0.25, 0.3) is 0 Å². The van der Waals surface area contributed by atoms with Crippen LogP contribution in [-0.4, -0.2) is 42.1 Å². The van der Waals surface area contributed by atoms with Crippen molar-refractivity contribution in [1.82, 2.24) is 10.2 Å². The standard InChI is InChI=1S/C19H26N2O3/c22-17(10-5-4-9-16-7-2-1-3-8-16)21-13-6-11-19(12-14-21)15-20-18(23)24-19/h1-3,7-8H,4-6,9-15H2,(H,20,23). The summed E-state index contributed by atoms with van der Waals surface area (Å²) in [4.78, 5) is 25.7. The maximum absolute atomic E-state index is 12.4. The highest BCUT2D eigenvalue weighted by atomic mass is 16.6. The number of ether oxygens (including phenoxy) is 1. The number of hydrogen-bond acceptors (Lipinski definition) is 3. The van der Waals surface area contributed by atoms with E-state index in [1.54, 1.807) is 0 Å². The molecule has 2 heterocycles. The van der Waals surface area contributed by atoms with Crippen LogP contribution in [-0.2, 0) is 16.0 Å². The van der Waals surface area contributed by atoms with E-state index in [0.717, 1.165) is 45.1 Å². The van der Waals surface area contributed by atoms with Gasteiger partial charge < -0.3 is 15.0 Å². The van der Waals surface area contributed by atoms with Gasteiger partial charge in [-0.25, -0.2) is 4.79 Å². The molecule has 2 fully saturated rings. The summed E-state index contributed by atoms with van der Waals surface area (Å²) in [6.07, 6.45) is 5.74. The molecule has 0 radical (unpaired) electrons. The van der Waals surface area contributed by atoms with Crippen LogP contribution in [0, 0.1) is 0 Å². The molecule has 130 valence electrons. The fourth-order valence-corrected chi connectivity index (χ4v) is 3.61. The van der Waals surface area contributed by atoms with E-state index in [-0.39, 0.29) is 17.6 Å². The number of alkyl carbamates (subject to hydrolysis) is 1. The largest absolute Gasteiger partial charge is 0.441 e. The van der Waals surface area contributed by atoms with Crippen LogP contribution < -0.4 is 5.32 Å². The van der Waals surface area contributed by atoms with Crippen LogP contribution in [0.15, 0.2) is 30.3 Å². The van der Waals surface area contributed by atoms with E-state index in [9.17, 15) is 9.59 Å². The third kappa shape index (κ3) is 4.28. The van der Waals surface area contributed by atoms with Crippen molar-refractivity contribution >= 4 is 12.0 Å². The smallest absolute Gasteiger partial charge is 0.407 e. The predicted octanol–water partition coefficient (Wildman–Crippen LogP) is 2.89. The van der Waals surface area contributed by atoms with Crippen LogP contribution in [0.2, 0.25) is 0 Å². The van der Waals surface area contributed by atoms with Gasteiger partial charge in [-0.3, -0.25) is 4.79 Å². The summed E-state index contributed by atoms with van der Waals surface area (Å²) in [6.45, 7) is 2.04. The van der Waals surface area contributed by atoms with Crippen LogP contribution in [0.5, 0.6) is 0 Å². The lowest BCUT2D eigenvalue weighted by Gasteiger charge is -2.25. The summed E-state index contributed by atoms with van der Waals surface area (Å²) in [5.74, 6) is 0.234. The third-order valence-corrected chi connectivity index (χ3v) is 5.06. The van der Waals surface area contributed by atoms with Crippen molar-refractivity contribution in [2.45, 2.75) is 50.5 Å². The number of rotatable bonds is 5. The first-order chi connectivity index (χ1) is 11.7. The van der Waals surface area contributed by atoms with Crippen molar-refractivity contribution in [3.05, 3.63) is 35.9 Å². The molecule has 3 rings (SSSR count). The summed E-state index contributed by atoms with van der Waals surface area (Å²) in [5, 5.41) is 2.74. The van der Waals surface area contributed by atoms with Gasteiger partial charge >= 0.3 is 6.09 Å². The molecule has 1 aromatic rings. The van der Waals surface area contributed by atoms with Crippen LogP contribution in [0.3, 0.4) is 0 Å². The fourth-order valence-electron chi connectivity index (χ4n) is 3.61. The number of nitrogens with zero attached hydrogens (tertiary/aromatic N) is 1. The summed E-state index contributed by atoms with van der Waals surface area (Å²) in [6, 6.07) is 10.4. The van der Waals surface area contributed by atoms with Gasteiger partial charge in [-0.05, 0) is 37.7 Å². The minimum atomic E-state index is -0.389. The monoisotopic (exact) mass is 330 g/mol. The molecule has 5 heteroatoms. The maximum atomic E-state index is 12.4. The Balaban J connectivity index is 1.40. The molecule has 5 nitrogen and oxygen atoms in total. The Morgan fingerprint density at radius 2 is 2.00 bits per heavy atom. The number of hydrogen-bond donors (Lipinski definition) is 1. The van der Waals surface area contributed by atoms with Gasteiger partial charge in [-0.2, -0.15) is 0 Å². The van der Waals surface area contributed by atoms with Crippen LogP contribution >= 0.6 is 0 Å². The molecule has 0 aromatic heterocycles. The molecule has 2 amide bonds. The van der Waals surface area contributed by atoms with E-state index in [1.807, 2.05) is 11.0 Å². The number of likely N-dealkylation sites (tertiary alicyclic amines) is 1. The molecule has 0 aliphatic carbocycles. The minimum absolute atomic E-state index is 0.234. The molecule has 0 bridgehead atoms. The number of aryl methyl sites for hydroxylation is 1. The van der Waals surface area contributed by atoms with Gasteiger partial charge in [-0.15, -0.1) is 0 Å². The van der Waals surface area contributed by atoms with Crippen molar-refractivity contribution in [2.75, 3.05) is 19.6 Å². The van der Waals surface area contributed by atoms with Crippen molar-refractivity contribution in [2.24, 2.45) is 0 Å². The van der Waals surface area contributed by atoms with Gasteiger partial charge in [0.05, 0.1) is 6.54 Å². The Labute approximate surface area is 143 Å². The van der Waals surface area contributed by atoms with E-state index in [0.29, 0.717) is 19.5 Å². The topological polar surface area (TPSA) is 58.6 Å². The quantitative estimate of drug-likeness (QED) is 0.845. The highest BCUT2D eigenvalue weighted by Gasteiger charge is 2.41. The molecular weight excluding hydrogens is 304 g/mol. The number of carbonyl (C=O) groups is 2. The third-order valence-electron chi connectivity index (χ3n) is 5.06. The normalized spacial score (nSPS) is 23.7. The Kier molecular flexibility index (Phi) is 5.38. The van der Waals surface area contributed by atoms with Crippen molar-refractivity contribution in [1.29, 1.82) is 0 Å². The molecule has 1 spiro atoms. The van der Waals surface area contributed by atoms with Crippen molar-refractivity contribution < 1.29 is 14.3 Å². The van der Waals surface area contributed by atoms with Crippen LogP contribution in [0.4, 0.5) is 4.79 Å². The molecule has 1 N–H and O–H groups in total. The Morgan fingerprint density at radius 3 is 2.75 bits per heavy atom. The minimum Gasteiger partial charge on any atom is -0.441 e. The second-order valence-electron chi connectivity index (χ2n) is 6.85. The highest BCUT2D eigenvalue weighted by molar-refractivity contribution is 5.76. The van der Waals surface area contributed by atoms with Crippen molar-refractivity contribution in [3.8, 4) is 0 Å². The number of nitrogens with one attached hydrogen (secondary N) is 1. The molecule has 2 saturated heterocycles. The molecule has 1 atom stereocenters. The average molecular weight is 330 g/mol. The second kappa shape index (κ2) is 7.69. The lowest BCUT2D eigenvalue weighted by atomic mass is 9.95. The van der Waals surface area contributed by atoms with E-state index in [4.69, 9.17) is 4.74 Å². The maximum Gasteiger partial charge on any atom is 0.407 e. The van der Waals surface area contributed by atoms with E-state index in [1.165, 1.54) is 5.56 Å². The Morgan fingerprint density at radius 1 is 1.17 bits per heavy atom. The van der Waals surface area contributed by atoms with Crippen molar-refractivity contribution in [3.63, 3.8) is 0 Å². The first-order valence-electron chi connectivity index (χ1n) is 8.95. The molecule has 1 aromatic carbocycles. The molecule has 2 aliphatic rings. The molecule has 0 saturated carbocycles. The number of unbranched alkanes of at least 4 members (excludes halogenated alkanes) is 1. The SMILES string of the molecule is O=C1NCC2(CCCN(C(=O)CCCCc3ccccc3)CC2)O1. The summed E-state index contributed by atoms with van der Waals surface area (Å²) in [5.41, 5.74) is 0.941. The predicted molar refractivity (Wildman–Crippen MR) is 91.6 cm³/mol. The molecular formula is C19H26N2O3. The van der Waals surface area contributed by atoms with Crippen LogP contribution in [0.1, 0.15) is 44.1 Å². The lowest BCUT2D eigenvalue weighted by molar-refractivity contribution is -0.131. The van der Waals surface area contributed by atoms with Gasteiger partial charge in [0.2, 0.25) is 5.91 Å². The first-order valence-corrected chi connectivity index (χ1v) is 8.95. The van der Waals surface area contributed by atoms with Gasteiger partial charge in [0.1, 0.15) is 5.60 Å². The summed E-state index contributed by atoms with van der Waals surface area (Å²) >= 11 is 0. The van der Waals surface area contributed by atoms with Gasteiger partial charge in [-0.1, -0.05) is 30.3 Å². The second-order valence-corrected chi connectivity index (χ2v) is 6.85. The van der Waals surface area contributed by atoms with Gasteiger partial charge in [0, 0.05) is 25.9 Å². The first kappa shape index (κ1) is 16.8. The number of amides is 2. The summed E-state index contributed by atoms with van der Waals surface area (Å²) < 4.78 is 5.46. The zero-order valence-electron chi connectivity index (χ0n) is 14.1. The molecule has 24 heavy (non-hydrogen) atoms. The van der Waals surface area contributed by atoms with E-state index >= 15 is 0 Å². The molecule has 2 aliphatic heterocycles. The fraction of sp³-hybridized carbons (Fsp3) is 0.579. The van der Waals surface area contributed by atoms with Gasteiger partial charge in [0.15, 0.2) is 0 Å². The zero-order chi connectivity index (χ0) is 16.8. The lowest BCUT2D eigenvalue weighted by Crippen LogP contribution is -2.36. The number of benzene rings is 1. The Hall–Kier alpha value is -2.04. The Bertz CT molecular complexity index is 575. The van der Waals surface area contributed by atoms with E-state index < -0.39 is 0 Å². The van der Waals surface area contributed by atoms with E-state index in [2.05, 4.69) is 29.6 Å². The average Bonchev–Trinajstić information content (AvgIpc) is 2.83.